The first-order valence-corrected chi connectivity index (χ1v) is 12.2. The molecule has 0 unspecified atom stereocenters. The van der Waals surface area contributed by atoms with E-state index in [-0.39, 0.29) is 10.9 Å². The average Bonchev–Trinajstić information content (AvgIpc) is 2.86. The molecule has 7 nitrogen and oxygen atoms in total. The van der Waals surface area contributed by atoms with Crippen molar-refractivity contribution in [3.8, 4) is 5.75 Å². The minimum Gasteiger partial charge on any atom is -0.491 e. The molecule has 35 heavy (non-hydrogen) atoms. The number of fused-ring (bicyclic) bond motifs is 1. The van der Waals surface area contributed by atoms with E-state index in [0.29, 0.717) is 40.5 Å². The molecule has 0 radical (unpaired) electrons. The largest absolute Gasteiger partial charge is 0.491 e. The molecular weight excluding hydrogens is 469 g/mol. The number of aromatic nitrogens is 2. The standard InChI is InChI=1S/C26H29ClFN5O2/c1-2-13-35-24-16-22-19(26(30-17-29-22)31-18-8-9-21(28)20(27)14-18)15-23(24)32-25(34)7-6-12-33-10-4-3-5-11-33/h6-9,14-17H,2-5,10-13H2,1H3,(H,32,34)(H,29,30,31). The fourth-order valence-corrected chi connectivity index (χ4v) is 4.13. The van der Waals surface area contributed by atoms with E-state index in [2.05, 4.69) is 25.5 Å². The van der Waals surface area contributed by atoms with Gasteiger partial charge in [0.15, 0.2) is 0 Å². The SMILES string of the molecule is CCCOc1cc2ncnc(Nc3ccc(F)c(Cl)c3)c2cc1NC(=O)C=CCN1CCCCC1. The minimum atomic E-state index is -0.499. The zero-order chi connectivity index (χ0) is 24.6. The smallest absolute Gasteiger partial charge is 0.248 e. The number of halogens is 2. The molecule has 0 saturated carbocycles. The molecule has 3 aromatic rings. The van der Waals surface area contributed by atoms with Gasteiger partial charge in [0.25, 0.3) is 0 Å². The first kappa shape index (κ1) is 24.9. The fourth-order valence-electron chi connectivity index (χ4n) is 3.95. The number of rotatable bonds is 9. The summed E-state index contributed by atoms with van der Waals surface area (Å²) in [6, 6.07) is 7.91. The van der Waals surface area contributed by atoms with Gasteiger partial charge in [-0.1, -0.05) is 31.0 Å². The van der Waals surface area contributed by atoms with Crippen LogP contribution in [0, 0.1) is 5.82 Å². The molecule has 1 aliphatic heterocycles. The molecule has 2 aromatic carbocycles. The number of amides is 1. The summed E-state index contributed by atoms with van der Waals surface area (Å²) >= 11 is 5.92. The second-order valence-corrected chi connectivity index (χ2v) is 8.85. The number of nitrogens with zero attached hydrogens (tertiary/aromatic N) is 3. The number of likely N-dealkylation sites (tertiary alicyclic amines) is 1. The summed E-state index contributed by atoms with van der Waals surface area (Å²) in [5.41, 5.74) is 1.74. The minimum absolute atomic E-state index is 0.00732. The Balaban J connectivity index is 1.58. The normalized spacial score (nSPS) is 14.4. The predicted molar refractivity (Wildman–Crippen MR) is 138 cm³/mol. The van der Waals surface area contributed by atoms with E-state index in [1.54, 1.807) is 24.3 Å². The molecular formula is C26H29ClFN5O2. The monoisotopic (exact) mass is 497 g/mol. The zero-order valence-electron chi connectivity index (χ0n) is 19.7. The van der Waals surface area contributed by atoms with E-state index < -0.39 is 5.82 Å². The van der Waals surface area contributed by atoms with Gasteiger partial charge in [-0.25, -0.2) is 14.4 Å². The molecule has 0 atom stereocenters. The van der Waals surface area contributed by atoms with E-state index in [1.807, 2.05) is 13.0 Å². The number of carbonyl (C=O) groups excluding carboxylic acids is 1. The quantitative estimate of drug-likeness (QED) is 0.356. The number of carbonyl (C=O) groups is 1. The van der Waals surface area contributed by atoms with Crippen molar-refractivity contribution in [1.29, 1.82) is 0 Å². The lowest BCUT2D eigenvalue weighted by Crippen LogP contribution is -2.29. The van der Waals surface area contributed by atoms with Gasteiger partial charge in [0.1, 0.15) is 23.7 Å². The first-order chi connectivity index (χ1) is 17.0. The first-order valence-electron chi connectivity index (χ1n) is 11.9. The zero-order valence-corrected chi connectivity index (χ0v) is 20.4. The summed E-state index contributed by atoms with van der Waals surface area (Å²) in [5, 5.41) is 6.77. The molecule has 1 aromatic heterocycles. The Kier molecular flexibility index (Phi) is 8.50. The van der Waals surface area contributed by atoms with Gasteiger partial charge in [0.2, 0.25) is 5.91 Å². The van der Waals surface area contributed by atoms with Gasteiger partial charge in [-0.15, -0.1) is 0 Å². The van der Waals surface area contributed by atoms with E-state index in [4.69, 9.17) is 16.3 Å². The molecule has 0 spiro atoms. The van der Waals surface area contributed by atoms with Gasteiger partial charge in [0, 0.05) is 29.8 Å². The summed E-state index contributed by atoms with van der Waals surface area (Å²) < 4.78 is 19.5. The van der Waals surface area contributed by atoms with Crippen molar-refractivity contribution in [2.24, 2.45) is 0 Å². The van der Waals surface area contributed by atoms with Crippen LogP contribution >= 0.6 is 11.6 Å². The summed E-state index contributed by atoms with van der Waals surface area (Å²) in [6.45, 7) is 5.41. The third-order valence-corrected chi connectivity index (χ3v) is 6.01. The molecule has 9 heteroatoms. The Morgan fingerprint density at radius 2 is 2.03 bits per heavy atom. The molecule has 2 heterocycles. The highest BCUT2D eigenvalue weighted by Gasteiger charge is 2.14. The van der Waals surface area contributed by atoms with E-state index in [1.165, 1.54) is 37.7 Å². The van der Waals surface area contributed by atoms with Gasteiger partial charge in [0.05, 0.1) is 22.8 Å². The molecule has 1 saturated heterocycles. The number of hydrogen-bond donors (Lipinski definition) is 2. The van der Waals surface area contributed by atoms with Gasteiger partial charge < -0.3 is 15.4 Å². The highest BCUT2D eigenvalue weighted by molar-refractivity contribution is 6.31. The second-order valence-electron chi connectivity index (χ2n) is 8.44. The summed E-state index contributed by atoms with van der Waals surface area (Å²) in [5.74, 6) is 0.294. The van der Waals surface area contributed by atoms with Crippen molar-refractivity contribution in [2.45, 2.75) is 32.6 Å². The van der Waals surface area contributed by atoms with Crippen LogP contribution in [-0.4, -0.2) is 47.0 Å². The number of anilines is 3. The molecule has 1 aliphatic rings. The van der Waals surface area contributed by atoms with Crippen LogP contribution in [0.1, 0.15) is 32.6 Å². The maximum absolute atomic E-state index is 13.6. The Morgan fingerprint density at radius 1 is 1.20 bits per heavy atom. The lowest BCUT2D eigenvalue weighted by atomic mass is 10.1. The highest BCUT2D eigenvalue weighted by Crippen LogP contribution is 2.34. The number of hydrogen-bond acceptors (Lipinski definition) is 6. The van der Waals surface area contributed by atoms with E-state index in [0.717, 1.165) is 26.1 Å². The van der Waals surface area contributed by atoms with Crippen LogP contribution in [-0.2, 0) is 4.79 Å². The third kappa shape index (κ3) is 6.68. The second kappa shape index (κ2) is 12.0. The molecule has 1 fully saturated rings. The number of ether oxygens (including phenoxy) is 1. The lowest BCUT2D eigenvalue weighted by molar-refractivity contribution is -0.111. The van der Waals surface area contributed by atoms with Gasteiger partial charge in [-0.3, -0.25) is 9.69 Å². The average molecular weight is 498 g/mol. The third-order valence-electron chi connectivity index (χ3n) is 5.72. The van der Waals surface area contributed by atoms with Crippen LogP contribution < -0.4 is 15.4 Å². The van der Waals surface area contributed by atoms with Crippen LogP contribution in [0.2, 0.25) is 5.02 Å². The van der Waals surface area contributed by atoms with Crippen LogP contribution in [0.5, 0.6) is 5.75 Å². The Morgan fingerprint density at radius 3 is 2.80 bits per heavy atom. The molecule has 2 N–H and O–H groups in total. The van der Waals surface area contributed by atoms with E-state index >= 15 is 0 Å². The number of piperidine rings is 1. The Labute approximate surface area is 209 Å². The van der Waals surface area contributed by atoms with Crippen molar-refractivity contribution < 1.29 is 13.9 Å². The van der Waals surface area contributed by atoms with Gasteiger partial charge >= 0.3 is 0 Å². The van der Waals surface area contributed by atoms with E-state index in [9.17, 15) is 9.18 Å². The molecule has 4 rings (SSSR count). The topological polar surface area (TPSA) is 79.4 Å². The van der Waals surface area contributed by atoms with Crippen molar-refractivity contribution in [1.82, 2.24) is 14.9 Å². The maximum atomic E-state index is 13.6. The molecule has 0 aliphatic carbocycles. The molecule has 0 bridgehead atoms. The van der Waals surface area contributed by atoms with Crippen molar-refractivity contribution in [3.05, 3.63) is 59.7 Å². The number of benzene rings is 2. The van der Waals surface area contributed by atoms with Crippen LogP contribution in [0.4, 0.5) is 21.6 Å². The molecule has 184 valence electrons. The van der Waals surface area contributed by atoms with Crippen molar-refractivity contribution in [3.63, 3.8) is 0 Å². The summed E-state index contributed by atoms with van der Waals surface area (Å²) in [7, 11) is 0. The maximum Gasteiger partial charge on any atom is 0.248 e. The Hall–Kier alpha value is -3.23. The Bertz CT molecular complexity index is 1210. The summed E-state index contributed by atoms with van der Waals surface area (Å²) in [4.78, 5) is 23.7. The van der Waals surface area contributed by atoms with Gasteiger partial charge in [-0.2, -0.15) is 0 Å². The summed E-state index contributed by atoms with van der Waals surface area (Å²) in [6.07, 6.45) is 9.39. The van der Waals surface area contributed by atoms with Crippen molar-refractivity contribution in [2.75, 3.05) is 36.9 Å². The van der Waals surface area contributed by atoms with Crippen molar-refractivity contribution >= 4 is 45.6 Å². The van der Waals surface area contributed by atoms with Crippen LogP contribution in [0.15, 0.2) is 48.8 Å². The highest BCUT2D eigenvalue weighted by atomic mass is 35.5. The lowest BCUT2D eigenvalue weighted by Gasteiger charge is -2.24. The van der Waals surface area contributed by atoms with Crippen LogP contribution in [0.25, 0.3) is 10.9 Å². The van der Waals surface area contributed by atoms with Crippen LogP contribution in [0.3, 0.4) is 0 Å². The predicted octanol–water partition coefficient (Wildman–Crippen LogP) is 5.94. The fraction of sp³-hybridized carbons (Fsp3) is 0.346. The number of nitrogens with one attached hydrogen (secondary N) is 2. The molecule has 1 amide bonds. The van der Waals surface area contributed by atoms with Gasteiger partial charge in [-0.05, 0) is 56.6 Å².